The van der Waals surface area contributed by atoms with E-state index in [0.717, 1.165) is 152 Å². The number of nitrogens with zero attached hydrogens (tertiary/aromatic N) is 1. The average molecular weight is 1610 g/mol. The molecule has 1 saturated heterocycles. The predicted octanol–water partition coefficient (Wildman–Crippen LogP) is 26.6. The van der Waals surface area contributed by atoms with Crippen molar-refractivity contribution >= 4 is 97.7 Å². The zero-order chi connectivity index (χ0) is 73.9. The Morgan fingerprint density at radius 2 is 0.528 bits per heavy atom. The first-order valence-corrected chi connectivity index (χ1v) is 40.7. The van der Waals surface area contributed by atoms with Crippen molar-refractivity contribution < 1.29 is 22.3 Å². The molecule has 4 aromatic heterocycles. The van der Waals surface area contributed by atoms with Crippen molar-refractivity contribution in [3.63, 3.8) is 0 Å². The monoisotopic (exact) mass is 1610 g/mol. The zero-order valence-electron chi connectivity index (χ0n) is 59.5. The number of benzene rings is 10. The van der Waals surface area contributed by atoms with Crippen LogP contribution in [0.4, 0.5) is 17.6 Å². The van der Waals surface area contributed by atoms with E-state index >= 15 is 17.6 Å². The van der Waals surface area contributed by atoms with Crippen LogP contribution >= 0.6 is 90.0 Å². The normalized spacial score (nSPS) is 14.9. The standard InChI is InChI=1S/C44H30Br2F2S2.C44H32F2S2.C4H8O.BHNS/c1-23-5-13-27(14-6-23)43(28-15-7-24(2)8-16-28)31-21-33(45)49-41(31)35-37(43)39(47)36-38(40(35)48)44(29-17-9-25(3)10-18-29,30-19-11-26(4)12-20-30)32-22-34(46)50-42(32)36;1-25-5-13-29(14-6-25)43(30-15-7-26(2)8-16-30)33-21-23-47-41(33)35-37(43)39(45)36-38(40(35)46)44(34-22-24-48-42(34)36,31-17-9-27(3)10-18-31)32-19-11-28(4)12-20-32;1-2-4-5-3-1;1-2-3/h5-22H,1-4H3;5-24H,1-4H3;1-4H2;3H. The molecule has 2 nitrogen and oxygen atoms in total. The SMILES string of the molecule is C1CCOC1.Cc1ccc(C2(c3ccc(C)cc3)c3cc(Br)sc3-c3c(F)c4c(c(F)c32)-c2sc(Br)cc2C4(c2ccc(C)cc2)c2ccc(C)cc2)cc1.Cc1ccc(C2(c3ccc(C)cc3)c3ccsc3-c3c(F)c4c(c(F)c32)-c2sccc2C4(c2ccc(C)cc2)c2ccc(C)cc2)cc1.[B]=NS. The second kappa shape index (κ2) is 28.1. The van der Waals surface area contributed by atoms with Crippen molar-refractivity contribution in [1.82, 2.24) is 0 Å². The first-order chi connectivity index (χ1) is 51.2. The minimum absolute atomic E-state index is 0.337. The number of aryl methyl sites for hydroxylation is 8. The van der Waals surface area contributed by atoms with Gasteiger partial charge in [-0.1, -0.05) is 239 Å². The van der Waals surface area contributed by atoms with Gasteiger partial charge in [0.05, 0.1) is 29.2 Å². The van der Waals surface area contributed by atoms with E-state index in [1.807, 2.05) is 10.8 Å². The molecular formula is C92H71BBr2F4NOS5. The van der Waals surface area contributed by atoms with Crippen LogP contribution in [0.15, 0.2) is 241 Å². The summed E-state index contributed by atoms with van der Waals surface area (Å²) in [6, 6.07) is 74.9. The molecule has 1 aliphatic heterocycles. The van der Waals surface area contributed by atoms with Gasteiger partial charge in [-0.2, -0.15) is 0 Å². The van der Waals surface area contributed by atoms with Gasteiger partial charge in [-0.05, 0) is 202 Å². The predicted molar refractivity (Wildman–Crippen MR) is 444 cm³/mol. The summed E-state index contributed by atoms with van der Waals surface area (Å²) < 4.78 is 83.5. The number of thiophene rings is 4. The van der Waals surface area contributed by atoms with Crippen LogP contribution in [0.1, 0.15) is 146 Å². The van der Waals surface area contributed by atoms with Crippen LogP contribution in [-0.2, 0) is 26.4 Å². The fraction of sp³-hybridized carbons (Fsp3) is 0.174. The van der Waals surface area contributed by atoms with Gasteiger partial charge in [0, 0.05) is 77.2 Å². The molecule has 0 amide bonds. The molecule has 0 bridgehead atoms. The molecule has 0 atom stereocenters. The van der Waals surface area contributed by atoms with E-state index in [2.05, 4.69) is 330 Å². The third-order valence-corrected chi connectivity index (χ3v) is 27.4. The van der Waals surface area contributed by atoms with E-state index in [4.69, 9.17) is 4.74 Å². The minimum atomic E-state index is -1.08. The van der Waals surface area contributed by atoms with Crippen molar-refractivity contribution in [3.8, 4) is 41.8 Å². The van der Waals surface area contributed by atoms with Gasteiger partial charge in [-0.3, -0.25) is 0 Å². The molecule has 10 aromatic carbocycles. The van der Waals surface area contributed by atoms with Crippen LogP contribution < -0.4 is 0 Å². The summed E-state index contributed by atoms with van der Waals surface area (Å²) >= 11 is 16.7. The first-order valence-electron chi connectivity index (χ1n) is 35.3. The third-order valence-electron chi connectivity index (χ3n) is 22.2. The van der Waals surface area contributed by atoms with Crippen molar-refractivity contribution in [2.45, 2.75) is 89.9 Å². The Bertz CT molecular complexity index is 5200. The van der Waals surface area contributed by atoms with Gasteiger partial charge in [0.25, 0.3) is 0 Å². The summed E-state index contributed by atoms with van der Waals surface area (Å²) in [6.07, 6.45) is 2.56. The molecule has 0 N–H and O–H groups in total. The summed E-state index contributed by atoms with van der Waals surface area (Å²) in [5.74, 6) is -1.41. The molecule has 0 unspecified atom stereocenters. The maximum atomic E-state index is 18.6. The fourth-order valence-electron chi connectivity index (χ4n) is 17.4. The van der Waals surface area contributed by atoms with Gasteiger partial charge in [0.1, 0.15) is 23.3 Å². The molecule has 0 spiro atoms. The van der Waals surface area contributed by atoms with Crippen LogP contribution in [0.5, 0.6) is 0 Å². The third kappa shape index (κ3) is 10.9. The van der Waals surface area contributed by atoms with Gasteiger partial charge in [0.15, 0.2) is 0 Å². The van der Waals surface area contributed by atoms with Crippen LogP contribution in [0.25, 0.3) is 41.8 Å². The number of hydrogen-bond donors (Lipinski definition) is 1. The Balaban J connectivity index is 0.000000147. The summed E-state index contributed by atoms with van der Waals surface area (Å²) in [4.78, 5) is 3.10. The molecule has 14 aromatic rings. The quantitative estimate of drug-likeness (QED) is 0.0914. The summed E-state index contributed by atoms with van der Waals surface area (Å²) in [6.45, 7) is 18.4. The Morgan fingerprint density at radius 3 is 0.726 bits per heavy atom. The average Bonchev–Trinajstić information content (AvgIpc) is 1.50. The Kier molecular flexibility index (Phi) is 19.1. The Hall–Kier alpha value is -8.15. The summed E-state index contributed by atoms with van der Waals surface area (Å²) in [5.41, 5.74) is 18.7. The van der Waals surface area contributed by atoms with Gasteiger partial charge in [0.2, 0.25) is 0 Å². The molecule has 19 rings (SSSR count). The van der Waals surface area contributed by atoms with Crippen molar-refractivity contribution in [1.29, 1.82) is 0 Å². The van der Waals surface area contributed by atoms with Gasteiger partial charge in [-0.25, -0.2) is 17.6 Å². The number of thiol groups is 1. The number of hydrogen-bond acceptors (Lipinski definition) is 7. The molecule has 5 heterocycles. The topological polar surface area (TPSA) is 21.6 Å². The molecule has 1 fully saturated rings. The first kappa shape index (κ1) is 72.1. The van der Waals surface area contributed by atoms with E-state index < -0.39 is 21.7 Å². The van der Waals surface area contributed by atoms with E-state index in [0.29, 0.717) is 44.5 Å². The maximum absolute atomic E-state index is 18.6. The Labute approximate surface area is 656 Å². The number of rotatable bonds is 8. The molecule has 525 valence electrons. The van der Waals surface area contributed by atoms with Crippen LogP contribution in [0.3, 0.4) is 0 Å². The van der Waals surface area contributed by atoms with Crippen molar-refractivity contribution in [3.05, 3.63) is 394 Å². The van der Waals surface area contributed by atoms with Gasteiger partial charge in [-0.15, -0.1) is 45.3 Å². The van der Waals surface area contributed by atoms with E-state index in [-0.39, 0.29) is 23.3 Å². The van der Waals surface area contributed by atoms with Gasteiger partial charge >= 0.3 is 24.8 Å². The second-order valence-corrected chi connectivity index (χ2v) is 35.5. The van der Waals surface area contributed by atoms with E-state index in [9.17, 15) is 0 Å². The number of ether oxygens (including phenoxy) is 1. The zero-order valence-corrected chi connectivity index (χ0v) is 66.9. The molecule has 5 aliphatic rings. The summed E-state index contributed by atoms with van der Waals surface area (Å²) in [5, 5.41) is 4.05. The molecule has 0 saturated carbocycles. The number of fused-ring (bicyclic) bond motifs is 12. The van der Waals surface area contributed by atoms with Crippen LogP contribution in [0.2, 0.25) is 0 Å². The van der Waals surface area contributed by atoms with Crippen LogP contribution in [0, 0.1) is 78.7 Å². The van der Waals surface area contributed by atoms with E-state index in [1.54, 1.807) is 0 Å². The molecule has 14 heteroatoms. The van der Waals surface area contributed by atoms with Gasteiger partial charge < -0.3 is 4.74 Å². The molecule has 1 radical (unpaired) electrons. The molecule has 4 aliphatic carbocycles. The van der Waals surface area contributed by atoms with E-state index in [1.165, 1.54) is 58.2 Å². The van der Waals surface area contributed by atoms with Crippen molar-refractivity contribution in [2.24, 2.45) is 4.30 Å². The number of halogens is 6. The second-order valence-electron chi connectivity index (χ2n) is 28.5. The molecule has 106 heavy (non-hydrogen) atoms. The summed E-state index contributed by atoms with van der Waals surface area (Å²) in [7, 11) is 4.34. The fourth-order valence-corrected chi connectivity index (χ4v) is 22.8. The van der Waals surface area contributed by atoms with Crippen molar-refractivity contribution in [2.75, 3.05) is 13.2 Å². The van der Waals surface area contributed by atoms with Crippen LogP contribution in [-0.4, -0.2) is 20.9 Å². The Morgan fingerprint density at radius 1 is 0.330 bits per heavy atom. The molecular weight excluding hydrogens is 1540 g/mol.